The van der Waals surface area contributed by atoms with Gasteiger partial charge < -0.3 is 14.2 Å². The summed E-state index contributed by atoms with van der Waals surface area (Å²) in [6.07, 6.45) is 2.17. The normalized spacial score (nSPS) is 16.6. The second kappa shape index (κ2) is 7.39. The van der Waals surface area contributed by atoms with Gasteiger partial charge in [-0.1, -0.05) is 47.6 Å². The van der Waals surface area contributed by atoms with Crippen LogP contribution >= 0.6 is 0 Å². The minimum absolute atomic E-state index is 0.0249. The van der Waals surface area contributed by atoms with Crippen molar-refractivity contribution < 1.29 is 14.1 Å². The lowest BCUT2D eigenvalue weighted by Gasteiger charge is -2.16. The summed E-state index contributed by atoms with van der Waals surface area (Å²) in [7, 11) is 0. The van der Waals surface area contributed by atoms with E-state index in [-0.39, 0.29) is 18.4 Å². The molecule has 6 heteroatoms. The number of hydrogen-bond donors (Lipinski definition) is 0. The van der Waals surface area contributed by atoms with E-state index < -0.39 is 0 Å². The zero-order chi connectivity index (χ0) is 17.8. The highest BCUT2D eigenvalue weighted by atomic mass is 16.5. The average molecular weight is 349 g/mol. The van der Waals surface area contributed by atoms with Crippen molar-refractivity contribution in [1.29, 1.82) is 0 Å². The molecule has 4 rings (SSSR count). The largest absolute Gasteiger partial charge is 0.484 e. The van der Waals surface area contributed by atoms with Crippen LogP contribution in [-0.4, -0.2) is 40.6 Å². The van der Waals surface area contributed by atoms with Crippen LogP contribution in [0.4, 0.5) is 0 Å². The molecule has 1 unspecified atom stereocenters. The fourth-order valence-corrected chi connectivity index (χ4v) is 3.17. The number of amides is 1. The number of carbonyl (C=O) groups excluding carboxylic acids is 1. The average Bonchev–Trinajstić information content (AvgIpc) is 3.39. The molecule has 2 aromatic carbocycles. The number of ether oxygens (including phenoxy) is 1. The van der Waals surface area contributed by atoms with Crippen molar-refractivity contribution in [3.8, 4) is 16.9 Å². The summed E-state index contributed by atoms with van der Waals surface area (Å²) < 4.78 is 10.4. The molecule has 2 heterocycles. The standard InChI is InChI=1S/C20H19N3O3/c24-19(23-11-10-17(12-23)20-21-14-26-22-20)13-25-18-8-6-16(7-9-18)15-4-2-1-3-5-15/h1-9,14,17H,10-13H2. The molecule has 1 amide bonds. The van der Waals surface area contributed by atoms with Crippen LogP contribution < -0.4 is 4.74 Å². The second-order valence-corrected chi connectivity index (χ2v) is 6.29. The molecule has 1 atom stereocenters. The Morgan fingerprint density at radius 3 is 2.62 bits per heavy atom. The highest BCUT2D eigenvalue weighted by Crippen LogP contribution is 2.25. The molecule has 0 N–H and O–H groups in total. The number of benzene rings is 2. The predicted octanol–water partition coefficient (Wildman–Crippen LogP) is 3.13. The molecule has 1 aliphatic rings. The van der Waals surface area contributed by atoms with Crippen LogP contribution in [-0.2, 0) is 4.79 Å². The van der Waals surface area contributed by atoms with E-state index in [1.807, 2.05) is 42.5 Å². The first-order chi connectivity index (χ1) is 12.8. The molecule has 1 fully saturated rings. The summed E-state index contributed by atoms with van der Waals surface area (Å²) >= 11 is 0. The maximum atomic E-state index is 12.4. The Bertz CT molecular complexity index is 848. The lowest BCUT2D eigenvalue weighted by atomic mass is 10.1. The van der Waals surface area contributed by atoms with Gasteiger partial charge in [0.1, 0.15) is 5.75 Å². The summed E-state index contributed by atoms with van der Waals surface area (Å²) in [5.41, 5.74) is 2.27. The molecule has 0 bridgehead atoms. The van der Waals surface area contributed by atoms with Crippen molar-refractivity contribution >= 4 is 5.91 Å². The van der Waals surface area contributed by atoms with Gasteiger partial charge in [-0.25, -0.2) is 0 Å². The van der Waals surface area contributed by atoms with E-state index in [4.69, 9.17) is 9.26 Å². The number of aromatic nitrogens is 2. The third kappa shape index (κ3) is 3.59. The van der Waals surface area contributed by atoms with Gasteiger partial charge in [0.15, 0.2) is 12.4 Å². The van der Waals surface area contributed by atoms with E-state index in [9.17, 15) is 4.79 Å². The SMILES string of the molecule is O=C(COc1ccc(-c2ccccc2)cc1)N1CCC(c2ncon2)C1. The van der Waals surface area contributed by atoms with Gasteiger partial charge in [-0.15, -0.1) is 0 Å². The third-order valence-corrected chi connectivity index (χ3v) is 4.61. The van der Waals surface area contributed by atoms with Crippen molar-refractivity contribution in [2.24, 2.45) is 0 Å². The Morgan fingerprint density at radius 2 is 1.88 bits per heavy atom. The Kier molecular flexibility index (Phi) is 4.64. The maximum Gasteiger partial charge on any atom is 0.260 e. The van der Waals surface area contributed by atoms with Crippen LogP contribution in [0.5, 0.6) is 5.75 Å². The van der Waals surface area contributed by atoms with Gasteiger partial charge in [-0.2, -0.15) is 4.98 Å². The zero-order valence-electron chi connectivity index (χ0n) is 14.2. The van der Waals surface area contributed by atoms with Crippen LogP contribution in [0.3, 0.4) is 0 Å². The third-order valence-electron chi connectivity index (χ3n) is 4.61. The first-order valence-electron chi connectivity index (χ1n) is 8.62. The van der Waals surface area contributed by atoms with E-state index in [0.29, 0.717) is 24.7 Å². The lowest BCUT2D eigenvalue weighted by Crippen LogP contribution is -2.32. The molecule has 1 saturated heterocycles. The van der Waals surface area contributed by atoms with Gasteiger partial charge in [0.05, 0.1) is 0 Å². The highest BCUT2D eigenvalue weighted by Gasteiger charge is 2.29. The Balaban J connectivity index is 1.31. The molecule has 3 aromatic rings. The predicted molar refractivity (Wildman–Crippen MR) is 95.6 cm³/mol. The molecular formula is C20H19N3O3. The molecule has 132 valence electrons. The topological polar surface area (TPSA) is 68.5 Å². The molecular weight excluding hydrogens is 330 g/mol. The van der Waals surface area contributed by atoms with Crippen molar-refractivity contribution in [2.45, 2.75) is 12.3 Å². The fourth-order valence-electron chi connectivity index (χ4n) is 3.17. The van der Waals surface area contributed by atoms with Gasteiger partial charge in [-0.3, -0.25) is 4.79 Å². The Hall–Kier alpha value is -3.15. The summed E-state index contributed by atoms with van der Waals surface area (Å²) in [5.74, 6) is 1.47. The molecule has 0 spiro atoms. The van der Waals surface area contributed by atoms with E-state index in [0.717, 1.165) is 17.5 Å². The van der Waals surface area contributed by atoms with E-state index >= 15 is 0 Å². The van der Waals surface area contributed by atoms with Crippen LogP contribution in [0.15, 0.2) is 65.5 Å². The first-order valence-corrected chi connectivity index (χ1v) is 8.62. The number of carbonyl (C=O) groups is 1. The fraction of sp³-hybridized carbons (Fsp3) is 0.250. The minimum Gasteiger partial charge on any atom is -0.484 e. The van der Waals surface area contributed by atoms with Gasteiger partial charge in [0.25, 0.3) is 5.91 Å². The van der Waals surface area contributed by atoms with Crippen LogP contribution in [0.25, 0.3) is 11.1 Å². The number of hydrogen-bond acceptors (Lipinski definition) is 5. The summed E-state index contributed by atoms with van der Waals surface area (Å²) in [6, 6.07) is 17.9. The van der Waals surface area contributed by atoms with E-state index in [1.165, 1.54) is 6.39 Å². The molecule has 26 heavy (non-hydrogen) atoms. The smallest absolute Gasteiger partial charge is 0.260 e. The molecule has 1 aliphatic heterocycles. The van der Waals surface area contributed by atoms with Crippen molar-refractivity contribution in [3.63, 3.8) is 0 Å². The van der Waals surface area contributed by atoms with E-state index in [1.54, 1.807) is 4.90 Å². The summed E-state index contributed by atoms with van der Waals surface area (Å²) in [6.45, 7) is 1.33. The lowest BCUT2D eigenvalue weighted by molar-refractivity contribution is -0.132. The Labute approximate surface area is 151 Å². The van der Waals surface area contributed by atoms with Crippen LogP contribution in [0.2, 0.25) is 0 Å². The molecule has 1 aromatic heterocycles. The monoisotopic (exact) mass is 349 g/mol. The van der Waals surface area contributed by atoms with Crippen LogP contribution in [0.1, 0.15) is 18.2 Å². The summed E-state index contributed by atoms with van der Waals surface area (Å²) in [4.78, 5) is 18.2. The van der Waals surface area contributed by atoms with Gasteiger partial charge >= 0.3 is 0 Å². The first kappa shape index (κ1) is 16.3. The molecule has 0 radical (unpaired) electrons. The minimum atomic E-state index is -0.0249. The quantitative estimate of drug-likeness (QED) is 0.708. The van der Waals surface area contributed by atoms with Gasteiger partial charge in [0.2, 0.25) is 6.39 Å². The Morgan fingerprint density at radius 1 is 1.12 bits per heavy atom. The molecule has 6 nitrogen and oxygen atoms in total. The van der Waals surface area contributed by atoms with Crippen LogP contribution in [0, 0.1) is 0 Å². The van der Waals surface area contributed by atoms with E-state index in [2.05, 4.69) is 22.3 Å². The maximum absolute atomic E-state index is 12.4. The zero-order valence-corrected chi connectivity index (χ0v) is 14.2. The molecule has 0 aliphatic carbocycles. The van der Waals surface area contributed by atoms with Crippen molar-refractivity contribution in [3.05, 3.63) is 66.8 Å². The second-order valence-electron chi connectivity index (χ2n) is 6.29. The number of nitrogens with zero attached hydrogens (tertiary/aromatic N) is 3. The number of rotatable bonds is 5. The number of likely N-dealkylation sites (tertiary alicyclic amines) is 1. The summed E-state index contributed by atoms with van der Waals surface area (Å²) in [5, 5.41) is 3.86. The highest BCUT2D eigenvalue weighted by molar-refractivity contribution is 5.78. The van der Waals surface area contributed by atoms with Gasteiger partial charge in [-0.05, 0) is 29.7 Å². The van der Waals surface area contributed by atoms with Crippen molar-refractivity contribution in [2.75, 3.05) is 19.7 Å². The molecule has 0 saturated carbocycles. The van der Waals surface area contributed by atoms with Crippen molar-refractivity contribution in [1.82, 2.24) is 15.0 Å². The van der Waals surface area contributed by atoms with Gasteiger partial charge in [0, 0.05) is 19.0 Å².